The maximum Gasteiger partial charge on any atom is 0.328 e. The first kappa shape index (κ1) is 16.5. The SMILES string of the molecule is COC(=O)C(Cc1ccccc1)NC(=O)CNc1cccnc1. The van der Waals surface area contributed by atoms with E-state index in [4.69, 9.17) is 4.74 Å². The molecule has 0 radical (unpaired) electrons. The molecule has 1 heterocycles. The molecule has 23 heavy (non-hydrogen) atoms. The largest absolute Gasteiger partial charge is 0.467 e. The van der Waals surface area contributed by atoms with E-state index in [0.29, 0.717) is 6.42 Å². The van der Waals surface area contributed by atoms with Gasteiger partial charge in [-0.15, -0.1) is 0 Å². The van der Waals surface area contributed by atoms with Gasteiger partial charge in [0.05, 0.1) is 19.3 Å². The number of carbonyl (C=O) groups excluding carboxylic acids is 2. The summed E-state index contributed by atoms with van der Waals surface area (Å²) in [4.78, 5) is 27.8. The molecule has 1 unspecified atom stereocenters. The van der Waals surface area contributed by atoms with E-state index in [-0.39, 0.29) is 12.5 Å². The van der Waals surface area contributed by atoms with Crippen LogP contribution in [0.2, 0.25) is 0 Å². The number of esters is 1. The van der Waals surface area contributed by atoms with Crippen molar-refractivity contribution in [3.63, 3.8) is 0 Å². The fourth-order valence-electron chi connectivity index (χ4n) is 2.08. The van der Waals surface area contributed by atoms with Gasteiger partial charge in [-0.1, -0.05) is 30.3 Å². The first-order valence-electron chi connectivity index (χ1n) is 7.24. The Bertz CT molecular complexity index is 632. The van der Waals surface area contributed by atoms with Crippen LogP contribution in [-0.2, 0) is 20.7 Å². The second kappa shape index (κ2) is 8.53. The number of hydrogen-bond acceptors (Lipinski definition) is 5. The smallest absolute Gasteiger partial charge is 0.328 e. The highest BCUT2D eigenvalue weighted by molar-refractivity contribution is 5.86. The summed E-state index contributed by atoms with van der Waals surface area (Å²) in [5.41, 5.74) is 1.68. The average Bonchev–Trinajstić information content (AvgIpc) is 2.60. The number of nitrogens with zero attached hydrogens (tertiary/aromatic N) is 1. The Kier molecular flexibility index (Phi) is 6.11. The lowest BCUT2D eigenvalue weighted by Crippen LogP contribution is -2.45. The van der Waals surface area contributed by atoms with Gasteiger partial charge in [0.2, 0.25) is 5.91 Å². The zero-order chi connectivity index (χ0) is 16.5. The Labute approximate surface area is 134 Å². The summed E-state index contributed by atoms with van der Waals surface area (Å²) < 4.78 is 4.76. The van der Waals surface area contributed by atoms with Gasteiger partial charge in [0.25, 0.3) is 0 Å². The van der Waals surface area contributed by atoms with E-state index in [0.717, 1.165) is 11.3 Å². The van der Waals surface area contributed by atoms with Crippen LogP contribution in [-0.4, -0.2) is 36.6 Å². The van der Waals surface area contributed by atoms with Crippen LogP contribution in [0, 0.1) is 0 Å². The normalized spacial score (nSPS) is 11.3. The minimum Gasteiger partial charge on any atom is -0.467 e. The Balaban J connectivity index is 1.91. The molecule has 0 aliphatic rings. The number of amides is 1. The summed E-state index contributed by atoms with van der Waals surface area (Å²) in [6.07, 6.45) is 3.65. The fourth-order valence-corrected chi connectivity index (χ4v) is 2.08. The monoisotopic (exact) mass is 313 g/mol. The molecule has 0 saturated carbocycles. The molecular formula is C17H19N3O3. The van der Waals surface area contributed by atoms with Gasteiger partial charge in [-0.2, -0.15) is 0 Å². The lowest BCUT2D eigenvalue weighted by Gasteiger charge is -2.17. The summed E-state index contributed by atoms with van der Waals surface area (Å²) in [6.45, 7) is 0.0496. The summed E-state index contributed by atoms with van der Waals surface area (Å²) in [6, 6.07) is 12.3. The van der Waals surface area contributed by atoms with Crippen molar-refractivity contribution in [1.82, 2.24) is 10.3 Å². The van der Waals surface area contributed by atoms with Crippen molar-refractivity contribution in [3.05, 3.63) is 60.4 Å². The predicted molar refractivity (Wildman–Crippen MR) is 86.8 cm³/mol. The average molecular weight is 313 g/mol. The maximum atomic E-state index is 12.0. The van der Waals surface area contributed by atoms with Crippen LogP contribution in [0.1, 0.15) is 5.56 Å². The summed E-state index contributed by atoms with van der Waals surface area (Å²) in [5, 5.41) is 5.63. The van der Waals surface area contributed by atoms with E-state index >= 15 is 0 Å². The van der Waals surface area contributed by atoms with Gasteiger partial charge in [-0.25, -0.2) is 4.79 Å². The van der Waals surface area contributed by atoms with E-state index in [1.54, 1.807) is 18.5 Å². The van der Waals surface area contributed by atoms with Crippen LogP contribution < -0.4 is 10.6 Å². The number of ether oxygens (including phenoxy) is 1. The quantitative estimate of drug-likeness (QED) is 0.755. The molecule has 1 amide bonds. The molecule has 0 aliphatic heterocycles. The lowest BCUT2D eigenvalue weighted by molar-refractivity contribution is -0.144. The second-order valence-corrected chi connectivity index (χ2v) is 4.93. The van der Waals surface area contributed by atoms with Gasteiger partial charge in [-0.3, -0.25) is 9.78 Å². The number of hydrogen-bond donors (Lipinski definition) is 2. The number of aromatic nitrogens is 1. The Hall–Kier alpha value is -2.89. The third-order valence-corrected chi connectivity index (χ3v) is 3.22. The van der Waals surface area contributed by atoms with Crippen molar-refractivity contribution < 1.29 is 14.3 Å². The maximum absolute atomic E-state index is 12.0. The molecular weight excluding hydrogens is 294 g/mol. The van der Waals surface area contributed by atoms with Crippen molar-refractivity contribution in [1.29, 1.82) is 0 Å². The zero-order valence-electron chi connectivity index (χ0n) is 12.9. The molecule has 0 fully saturated rings. The van der Waals surface area contributed by atoms with Crippen molar-refractivity contribution >= 4 is 17.6 Å². The van der Waals surface area contributed by atoms with E-state index in [2.05, 4.69) is 15.6 Å². The van der Waals surface area contributed by atoms with Gasteiger partial charge in [-0.05, 0) is 17.7 Å². The number of methoxy groups -OCH3 is 1. The molecule has 0 spiro atoms. The van der Waals surface area contributed by atoms with Crippen LogP contribution in [0.15, 0.2) is 54.9 Å². The highest BCUT2D eigenvalue weighted by Crippen LogP contribution is 2.05. The molecule has 6 heteroatoms. The Morgan fingerprint density at radius 1 is 1.17 bits per heavy atom. The molecule has 6 nitrogen and oxygen atoms in total. The molecule has 2 aromatic rings. The van der Waals surface area contributed by atoms with Crippen LogP contribution >= 0.6 is 0 Å². The number of carbonyl (C=O) groups is 2. The number of nitrogens with one attached hydrogen (secondary N) is 2. The number of anilines is 1. The summed E-state index contributed by atoms with van der Waals surface area (Å²) >= 11 is 0. The van der Waals surface area contributed by atoms with Crippen molar-refractivity contribution in [2.45, 2.75) is 12.5 Å². The van der Waals surface area contributed by atoms with Crippen LogP contribution in [0.3, 0.4) is 0 Å². The minimum absolute atomic E-state index is 0.0496. The summed E-state index contributed by atoms with van der Waals surface area (Å²) in [7, 11) is 1.31. The molecule has 1 aromatic heterocycles. The molecule has 1 aromatic carbocycles. The van der Waals surface area contributed by atoms with Gasteiger partial charge in [0.15, 0.2) is 0 Å². The van der Waals surface area contributed by atoms with E-state index in [1.807, 2.05) is 36.4 Å². The van der Waals surface area contributed by atoms with Crippen LogP contribution in [0.4, 0.5) is 5.69 Å². The Morgan fingerprint density at radius 2 is 1.96 bits per heavy atom. The molecule has 2 N–H and O–H groups in total. The first-order chi connectivity index (χ1) is 11.2. The van der Waals surface area contributed by atoms with Crippen LogP contribution in [0.25, 0.3) is 0 Å². The van der Waals surface area contributed by atoms with Crippen molar-refractivity contribution in [2.75, 3.05) is 19.0 Å². The fraction of sp³-hybridized carbons (Fsp3) is 0.235. The molecule has 1 atom stereocenters. The Morgan fingerprint density at radius 3 is 2.61 bits per heavy atom. The van der Waals surface area contributed by atoms with Gasteiger partial charge in [0.1, 0.15) is 6.04 Å². The minimum atomic E-state index is -0.717. The molecule has 2 rings (SSSR count). The van der Waals surface area contributed by atoms with E-state index in [1.165, 1.54) is 7.11 Å². The standard InChI is InChI=1S/C17H19N3O3/c1-23-17(22)15(10-13-6-3-2-4-7-13)20-16(21)12-19-14-8-5-9-18-11-14/h2-9,11,15,19H,10,12H2,1H3,(H,20,21). The van der Waals surface area contributed by atoms with E-state index in [9.17, 15) is 9.59 Å². The van der Waals surface area contributed by atoms with Crippen molar-refractivity contribution in [3.8, 4) is 0 Å². The number of rotatable bonds is 7. The third kappa shape index (κ3) is 5.43. The molecule has 0 saturated heterocycles. The first-order valence-corrected chi connectivity index (χ1v) is 7.24. The number of benzene rings is 1. The number of pyridine rings is 1. The molecule has 0 aliphatic carbocycles. The topological polar surface area (TPSA) is 80.3 Å². The van der Waals surface area contributed by atoms with Gasteiger partial charge >= 0.3 is 5.97 Å². The summed E-state index contributed by atoms with van der Waals surface area (Å²) in [5.74, 6) is -0.760. The van der Waals surface area contributed by atoms with Gasteiger partial charge in [0, 0.05) is 18.8 Å². The highest BCUT2D eigenvalue weighted by atomic mass is 16.5. The zero-order valence-corrected chi connectivity index (χ0v) is 12.9. The van der Waals surface area contributed by atoms with Gasteiger partial charge < -0.3 is 15.4 Å². The second-order valence-electron chi connectivity index (χ2n) is 4.93. The van der Waals surface area contributed by atoms with Crippen LogP contribution in [0.5, 0.6) is 0 Å². The highest BCUT2D eigenvalue weighted by Gasteiger charge is 2.21. The van der Waals surface area contributed by atoms with Crippen molar-refractivity contribution in [2.24, 2.45) is 0 Å². The lowest BCUT2D eigenvalue weighted by atomic mass is 10.1. The third-order valence-electron chi connectivity index (χ3n) is 3.22. The molecule has 120 valence electrons. The molecule has 0 bridgehead atoms. The predicted octanol–water partition coefficient (Wildman–Crippen LogP) is 1.39. The van der Waals surface area contributed by atoms with E-state index < -0.39 is 12.0 Å².